The van der Waals surface area contributed by atoms with Gasteiger partial charge in [-0.3, -0.25) is 14.3 Å². The van der Waals surface area contributed by atoms with E-state index < -0.39 is 11.9 Å². The van der Waals surface area contributed by atoms with Gasteiger partial charge in [-0.2, -0.15) is 5.10 Å². The molecule has 1 aliphatic heterocycles. The second kappa shape index (κ2) is 4.57. The van der Waals surface area contributed by atoms with Crippen molar-refractivity contribution in [3.05, 3.63) is 18.0 Å². The first-order valence-corrected chi connectivity index (χ1v) is 5.55. The van der Waals surface area contributed by atoms with Crippen molar-refractivity contribution in [3.8, 4) is 0 Å². The second-order valence-corrected chi connectivity index (χ2v) is 4.29. The van der Waals surface area contributed by atoms with Crippen molar-refractivity contribution in [2.45, 2.75) is 19.4 Å². The smallest absolute Gasteiger partial charge is 0.308 e. The van der Waals surface area contributed by atoms with Crippen LogP contribution >= 0.6 is 0 Å². The SMILES string of the molecule is Cn1nccc1CN1CC(C(=O)O)CCC1=O. The molecule has 0 aromatic carbocycles. The summed E-state index contributed by atoms with van der Waals surface area (Å²) in [5.74, 6) is -1.25. The van der Waals surface area contributed by atoms with Crippen LogP contribution in [0.2, 0.25) is 0 Å². The number of aryl methyl sites for hydroxylation is 1. The molecule has 2 heterocycles. The van der Waals surface area contributed by atoms with Gasteiger partial charge in [0.15, 0.2) is 0 Å². The first-order valence-electron chi connectivity index (χ1n) is 5.55. The molecule has 1 saturated heterocycles. The zero-order valence-electron chi connectivity index (χ0n) is 9.67. The summed E-state index contributed by atoms with van der Waals surface area (Å²) < 4.78 is 1.69. The largest absolute Gasteiger partial charge is 0.481 e. The Kier molecular flexibility index (Phi) is 3.12. The molecule has 0 saturated carbocycles. The average molecular weight is 237 g/mol. The van der Waals surface area contributed by atoms with Crippen LogP contribution in [-0.2, 0) is 23.2 Å². The number of aliphatic carboxylic acids is 1. The number of hydrogen-bond donors (Lipinski definition) is 1. The van der Waals surface area contributed by atoms with Crippen LogP contribution < -0.4 is 0 Å². The lowest BCUT2D eigenvalue weighted by Crippen LogP contribution is -2.42. The van der Waals surface area contributed by atoms with Gasteiger partial charge in [0.1, 0.15) is 0 Å². The van der Waals surface area contributed by atoms with Gasteiger partial charge >= 0.3 is 5.97 Å². The Morgan fingerprint density at radius 2 is 2.41 bits per heavy atom. The molecule has 1 aliphatic rings. The first kappa shape index (κ1) is 11.6. The summed E-state index contributed by atoms with van der Waals surface area (Å²) in [7, 11) is 1.80. The molecule has 1 N–H and O–H groups in total. The van der Waals surface area contributed by atoms with Gasteiger partial charge in [0, 0.05) is 26.2 Å². The molecule has 6 heteroatoms. The van der Waals surface area contributed by atoms with Gasteiger partial charge in [0.05, 0.1) is 18.2 Å². The van der Waals surface area contributed by atoms with Crippen molar-refractivity contribution in [1.29, 1.82) is 0 Å². The first-order chi connectivity index (χ1) is 8.08. The third-order valence-corrected chi connectivity index (χ3v) is 3.12. The Morgan fingerprint density at radius 1 is 1.65 bits per heavy atom. The molecule has 0 aliphatic carbocycles. The minimum atomic E-state index is -0.826. The molecule has 92 valence electrons. The predicted octanol–water partition coefficient (Wildman–Crippen LogP) is 0.243. The molecule has 1 atom stereocenters. The fourth-order valence-corrected chi connectivity index (χ4v) is 2.02. The summed E-state index contributed by atoms with van der Waals surface area (Å²) in [5, 5.41) is 13.0. The normalized spacial score (nSPS) is 20.6. The molecule has 6 nitrogen and oxygen atoms in total. The van der Waals surface area contributed by atoms with E-state index >= 15 is 0 Å². The van der Waals surface area contributed by atoms with Crippen molar-refractivity contribution in [2.75, 3.05) is 6.54 Å². The van der Waals surface area contributed by atoms with E-state index in [1.54, 1.807) is 22.8 Å². The lowest BCUT2D eigenvalue weighted by Gasteiger charge is -2.30. The Bertz CT molecular complexity index is 441. The second-order valence-electron chi connectivity index (χ2n) is 4.29. The van der Waals surface area contributed by atoms with E-state index in [-0.39, 0.29) is 5.91 Å². The van der Waals surface area contributed by atoms with Crippen molar-refractivity contribution in [1.82, 2.24) is 14.7 Å². The number of likely N-dealkylation sites (tertiary alicyclic amines) is 1. The van der Waals surface area contributed by atoms with Gasteiger partial charge in [-0.25, -0.2) is 0 Å². The monoisotopic (exact) mass is 237 g/mol. The molecule has 1 aromatic heterocycles. The average Bonchev–Trinajstić information content (AvgIpc) is 2.67. The number of carboxylic acid groups (broad SMARTS) is 1. The number of hydrogen-bond acceptors (Lipinski definition) is 3. The summed E-state index contributed by atoms with van der Waals surface area (Å²) in [6, 6.07) is 1.83. The lowest BCUT2D eigenvalue weighted by atomic mass is 9.97. The number of carbonyl (C=O) groups is 2. The van der Waals surface area contributed by atoms with E-state index in [2.05, 4.69) is 5.10 Å². The minimum Gasteiger partial charge on any atom is -0.481 e. The molecule has 0 radical (unpaired) electrons. The zero-order valence-corrected chi connectivity index (χ0v) is 9.67. The van der Waals surface area contributed by atoms with Crippen LogP contribution in [0.15, 0.2) is 12.3 Å². The van der Waals surface area contributed by atoms with E-state index in [0.29, 0.717) is 25.9 Å². The summed E-state index contributed by atoms with van der Waals surface area (Å²) in [6.07, 6.45) is 2.42. The highest BCUT2D eigenvalue weighted by molar-refractivity contribution is 5.80. The Labute approximate surface area is 98.8 Å². The number of rotatable bonds is 3. The molecule has 0 bridgehead atoms. The van der Waals surface area contributed by atoms with Gasteiger partial charge in [-0.05, 0) is 12.5 Å². The highest BCUT2D eigenvalue weighted by Gasteiger charge is 2.30. The zero-order chi connectivity index (χ0) is 12.4. The molecule has 2 rings (SSSR count). The highest BCUT2D eigenvalue weighted by Crippen LogP contribution is 2.19. The molecule has 1 aromatic rings. The number of carbonyl (C=O) groups excluding carboxylic acids is 1. The van der Waals surface area contributed by atoms with Crippen molar-refractivity contribution >= 4 is 11.9 Å². The van der Waals surface area contributed by atoms with Gasteiger partial charge in [0.2, 0.25) is 5.91 Å². The Hall–Kier alpha value is -1.85. The number of aromatic nitrogens is 2. The molecule has 0 spiro atoms. The number of amides is 1. The van der Waals surface area contributed by atoms with E-state index in [1.807, 2.05) is 6.07 Å². The maximum atomic E-state index is 11.7. The third kappa shape index (κ3) is 2.46. The van der Waals surface area contributed by atoms with Crippen molar-refractivity contribution < 1.29 is 14.7 Å². The lowest BCUT2D eigenvalue weighted by molar-refractivity contribution is -0.147. The molecule has 1 fully saturated rings. The fourth-order valence-electron chi connectivity index (χ4n) is 2.02. The van der Waals surface area contributed by atoms with Gasteiger partial charge < -0.3 is 10.0 Å². The van der Waals surface area contributed by atoms with Crippen LogP contribution in [0.1, 0.15) is 18.5 Å². The van der Waals surface area contributed by atoms with E-state index in [1.165, 1.54) is 0 Å². The minimum absolute atomic E-state index is 0.0173. The Balaban J connectivity index is 2.06. The van der Waals surface area contributed by atoms with E-state index in [9.17, 15) is 9.59 Å². The van der Waals surface area contributed by atoms with E-state index in [0.717, 1.165) is 5.69 Å². The molecular weight excluding hydrogens is 222 g/mol. The number of piperidine rings is 1. The van der Waals surface area contributed by atoms with E-state index in [4.69, 9.17) is 5.11 Å². The van der Waals surface area contributed by atoms with Crippen LogP contribution in [-0.4, -0.2) is 38.2 Å². The summed E-state index contributed by atoms with van der Waals surface area (Å²) >= 11 is 0. The maximum Gasteiger partial charge on any atom is 0.308 e. The van der Waals surface area contributed by atoms with Gasteiger partial charge in [-0.1, -0.05) is 0 Å². The predicted molar refractivity (Wildman–Crippen MR) is 59.0 cm³/mol. The quantitative estimate of drug-likeness (QED) is 0.817. The topological polar surface area (TPSA) is 75.4 Å². The Morgan fingerprint density at radius 3 is 3.00 bits per heavy atom. The maximum absolute atomic E-state index is 11.7. The third-order valence-electron chi connectivity index (χ3n) is 3.12. The number of nitrogens with zero attached hydrogens (tertiary/aromatic N) is 3. The van der Waals surface area contributed by atoms with Crippen molar-refractivity contribution in [3.63, 3.8) is 0 Å². The summed E-state index contributed by atoms with van der Waals surface area (Å²) in [6.45, 7) is 0.721. The van der Waals surface area contributed by atoms with Crippen LogP contribution in [0, 0.1) is 5.92 Å². The molecule has 1 unspecified atom stereocenters. The molecule has 17 heavy (non-hydrogen) atoms. The van der Waals surface area contributed by atoms with Gasteiger partial charge in [-0.15, -0.1) is 0 Å². The van der Waals surface area contributed by atoms with Crippen LogP contribution in [0.25, 0.3) is 0 Å². The van der Waals surface area contributed by atoms with Crippen LogP contribution in [0.4, 0.5) is 0 Å². The summed E-state index contributed by atoms with van der Waals surface area (Å²) in [4.78, 5) is 24.2. The van der Waals surface area contributed by atoms with Gasteiger partial charge in [0.25, 0.3) is 0 Å². The molecular formula is C11H15N3O3. The standard InChI is InChI=1S/C11H15N3O3/c1-13-9(4-5-12-13)7-14-6-8(11(16)17)2-3-10(14)15/h4-5,8H,2-3,6-7H2,1H3,(H,16,17). The van der Waals surface area contributed by atoms with Crippen molar-refractivity contribution in [2.24, 2.45) is 13.0 Å². The summed E-state index contributed by atoms with van der Waals surface area (Å²) in [5.41, 5.74) is 0.907. The van der Waals surface area contributed by atoms with Crippen LogP contribution in [0.5, 0.6) is 0 Å². The highest BCUT2D eigenvalue weighted by atomic mass is 16.4. The van der Waals surface area contributed by atoms with Crippen LogP contribution in [0.3, 0.4) is 0 Å². The fraction of sp³-hybridized carbons (Fsp3) is 0.545. The number of carboxylic acids is 1. The molecule has 1 amide bonds.